The van der Waals surface area contributed by atoms with Crippen molar-refractivity contribution < 1.29 is 18.8 Å². The molecule has 6 nitrogen and oxygen atoms in total. The summed E-state index contributed by atoms with van der Waals surface area (Å²) in [6.07, 6.45) is 3.29. The van der Waals surface area contributed by atoms with Crippen molar-refractivity contribution in [3.05, 3.63) is 29.6 Å². The number of fused-ring (bicyclic) bond motifs is 3. The van der Waals surface area contributed by atoms with Gasteiger partial charge in [0, 0.05) is 17.7 Å². The molecule has 3 aliphatic rings. The first-order chi connectivity index (χ1) is 13.8. The highest BCUT2D eigenvalue weighted by Crippen LogP contribution is 2.42. The molecule has 0 saturated carbocycles. The fourth-order valence-corrected chi connectivity index (χ4v) is 4.38. The molecule has 3 aliphatic heterocycles. The highest BCUT2D eigenvalue weighted by atomic mass is 16.7. The Hall–Kier alpha value is -1.83. The molecule has 2 fully saturated rings. The van der Waals surface area contributed by atoms with Gasteiger partial charge in [-0.2, -0.15) is 5.10 Å². The topological polar surface area (TPSA) is 54.7 Å². The van der Waals surface area contributed by atoms with Gasteiger partial charge in [-0.3, -0.25) is 0 Å². The van der Waals surface area contributed by atoms with E-state index in [1.807, 2.05) is 16.8 Å². The van der Waals surface area contributed by atoms with E-state index < -0.39 is 7.12 Å². The molecular formula is C22H29BN2O4. The quantitative estimate of drug-likeness (QED) is 0.724. The van der Waals surface area contributed by atoms with Gasteiger partial charge in [-0.25, -0.2) is 4.68 Å². The van der Waals surface area contributed by atoms with Gasteiger partial charge in [0.1, 0.15) is 12.4 Å². The Morgan fingerprint density at radius 2 is 1.86 bits per heavy atom. The number of aryl methyl sites for hydroxylation is 1. The van der Waals surface area contributed by atoms with Gasteiger partial charge in [0.2, 0.25) is 0 Å². The number of nitrogens with zero attached hydrogens (tertiary/aromatic N) is 2. The lowest BCUT2D eigenvalue weighted by atomic mass is 9.77. The van der Waals surface area contributed by atoms with Crippen LogP contribution in [0.25, 0.3) is 11.1 Å². The first kappa shape index (κ1) is 19.2. The number of aromatic nitrogens is 2. The molecule has 29 heavy (non-hydrogen) atoms. The summed E-state index contributed by atoms with van der Waals surface area (Å²) in [5, 5.41) is 4.84. The van der Waals surface area contributed by atoms with Gasteiger partial charge in [-0.05, 0) is 65.4 Å². The van der Waals surface area contributed by atoms with Crippen LogP contribution in [0, 0.1) is 6.92 Å². The maximum absolute atomic E-state index is 6.26. The van der Waals surface area contributed by atoms with Gasteiger partial charge in [-0.15, -0.1) is 0 Å². The van der Waals surface area contributed by atoms with Gasteiger partial charge >= 0.3 is 7.12 Å². The van der Waals surface area contributed by atoms with E-state index in [1.165, 1.54) is 6.42 Å². The van der Waals surface area contributed by atoms with Crippen LogP contribution in [0.3, 0.4) is 0 Å². The number of benzene rings is 1. The van der Waals surface area contributed by atoms with Crippen molar-refractivity contribution in [1.82, 2.24) is 9.78 Å². The van der Waals surface area contributed by atoms with Gasteiger partial charge < -0.3 is 18.8 Å². The zero-order valence-electron chi connectivity index (χ0n) is 17.9. The average Bonchev–Trinajstić information content (AvgIpc) is 3.15. The summed E-state index contributed by atoms with van der Waals surface area (Å²) in [6, 6.07) is 6.19. The molecule has 0 spiro atoms. The lowest BCUT2D eigenvalue weighted by molar-refractivity contribution is -0.0425. The fourth-order valence-electron chi connectivity index (χ4n) is 4.38. The SMILES string of the molecule is Cc1nn(C2CCCCO2)c2c1-c1cc(B3OC(C)(C)C(C)(C)O3)ccc1OC2. The van der Waals surface area contributed by atoms with Crippen LogP contribution >= 0.6 is 0 Å². The molecule has 154 valence electrons. The lowest BCUT2D eigenvalue weighted by Gasteiger charge is -2.32. The van der Waals surface area contributed by atoms with E-state index in [2.05, 4.69) is 40.7 Å². The maximum Gasteiger partial charge on any atom is 0.494 e. The Balaban J connectivity index is 1.53. The molecular weight excluding hydrogens is 367 g/mol. The molecule has 4 heterocycles. The minimum atomic E-state index is -0.396. The highest BCUT2D eigenvalue weighted by Gasteiger charge is 2.51. The molecule has 0 aliphatic carbocycles. The smallest absolute Gasteiger partial charge is 0.487 e. The first-order valence-corrected chi connectivity index (χ1v) is 10.6. The summed E-state index contributed by atoms with van der Waals surface area (Å²) in [4.78, 5) is 0. The Bertz CT molecular complexity index is 931. The van der Waals surface area contributed by atoms with Crippen LogP contribution in [0.2, 0.25) is 0 Å². The van der Waals surface area contributed by atoms with E-state index in [0.29, 0.717) is 6.61 Å². The molecule has 2 saturated heterocycles. The molecule has 7 heteroatoms. The Kier molecular flexibility index (Phi) is 4.35. The first-order valence-electron chi connectivity index (χ1n) is 10.6. The third-order valence-corrected chi connectivity index (χ3v) is 6.78. The molecule has 1 aromatic carbocycles. The molecule has 0 radical (unpaired) electrons. The predicted molar refractivity (Wildman–Crippen MR) is 111 cm³/mol. The van der Waals surface area contributed by atoms with Crippen LogP contribution in [0.4, 0.5) is 0 Å². The van der Waals surface area contributed by atoms with Gasteiger partial charge in [0.15, 0.2) is 6.23 Å². The molecule has 2 aromatic rings. The third-order valence-electron chi connectivity index (χ3n) is 6.78. The van der Waals surface area contributed by atoms with Crippen molar-refractivity contribution in [3.8, 4) is 16.9 Å². The second-order valence-electron chi connectivity index (χ2n) is 9.31. The van der Waals surface area contributed by atoms with Crippen molar-refractivity contribution >= 4 is 12.6 Å². The van der Waals surface area contributed by atoms with Crippen LogP contribution < -0.4 is 10.2 Å². The summed E-state index contributed by atoms with van der Waals surface area (Å²) in [7, 11) is -0.396. The molecule has 1 aromatic heterocycles. The summed E-state index contributed by atoms with van der Waals surface area (Å²) in [6.45, 7) is 11.7. The number of hydrogen-bond donors (Lipinski definition) is 0. The summed E-state index contributed by atoms with van der Waals surface area (Å²) >= 11 is 0. The van der Waals surface area contributed by atoms with E-state index in [0.717, 1.165) is 53.2 Å². The number of ether oxygens (including phenoxy) is 2. The van der Waals surface area contributed by atoms with Gasteiger partial charge in [0.25, 0.3) is 0 Å². The minimum Gasteiger partial charge on any atom is -0.487 e. The van der Waals surface area contributed by atoms with E-state index >= 15 is 0 Å². The Morgan fingerprint density at radius 1 is 1.10 bits per heavy atom. The van der Waals surface area contributed by atoms with E-state index in [-0.39, 0.29) is 17.4 Å². The molecule has 0 N–H and O–H groups in total. The summed E-state index contributed by atoms with van der Waals surface area (Å²) in [5.41, 5.74) is 4.57. The number of hydrogen-bond acceptors (Lipinski definition) is 5. The van der Waals surface area contributed by atoms with Crippen molar-refractivity contribution in [2.75, 3.05) is 6.61 Å². The van der Waals surface area contributed by atoms with Crippen molar-refractivity contribution in [1.29, 1.82) is 0 Å². The van der Waals surface area contributed by atoms with Crippen LogP contribution in [-0.2, 0) is 20.7 Å². The maximum atomic E-state index is 6.26. The average molecular weight is 396 g/mol. The molecule has 1 atom stereocenters. The fraction of sp³-hybridized carbons (Fsp3) is 0.591. The van der Waals surface area contributed by atoms with Gasteiger partial charge in [-0.1, -0.05) is 12.1 Å². The zero-order chi connectivity index (χ0) is 20.4. The third kappa shape index (κ3) is 3.02. The lowest BCUT2D eigenvalue weighted by Crippen LogP contribution is -2.41. The second kappa shape index (κ2) is 6.59. The molecule has 5 rings (SSSR count). The van der Waals surface area contributed by atoms with Crippen LogP contribution in [-0.4, -0.2) is 34.7 Å². The van der Waals surface area contributed by atoms with Gasteiger partial charge in [0.05, 0.1) is 22.6 Å². The molecule has 1 unspecified atom stereocenters. The summed E-state index contributed by atoms with van der Waals surface area (Å²) < 4.78 is 26.6. The van der Waals surface area contributed by atoms with Crippen molar-refractivity contribution in [2.45, 2.75) is 77.9 Å². The van der Waals surface area contributed by atoms with Crippen LogP contribution in [0.5, 0.6) is 5.75 Å². The number of rotatable bonds is 2. The second-order valence-corrected chi connectivity index (χ2v) is 9.31. The van der Waals surface area contributed by atoms with Crippen LogP contribution in [0.15, 0.2) is 18.2 Å². The predicted octanol–water partition coefficient (Wildman–Crippen LogP) is 3.75. The van der Waals surface area contributed by atoms with E-state index in [1.54, 1.807) is 0 Å². The largest absolute Gasteiger partial charge is 0.494 e. The minimum absolute atomic E-state index is 0.00243. The van der Waals surface area contributed by atoms with Crippen molar-refractivity contribution in [3.63, 3.8) is 0 Å². The van der Waals surface area contributed by atoms with Crippen LogP contribution in [0.1, 0.15) is 64.6 Å². The van der Waals surface area contributed by atoms with E-state index in [4.69, 9.17) is 23.9 Å². The van der Waals surface area contributed by atoms with Crippen molar-refractivity contribution in [2.24, 2.45) is 0 Å². The standard InChI is InChI=1S/C22H29BN2O4/c1-14-20-16-12-15(23-28-21(2,3)22(4,5)29-23)9-10-18(16)27-13-17(20)25(24-14)19-8-6-7-11-26-19/h9-10,12,19H,6-8,11,13H2,1-5H3. The normalized spacial score (nSPS) is 24.7. The monoisotopic (exact) mass is 396 g/mol. The van der Waals surface area contributed by atoms with E-state index in [9.17, 15) is 0 Å². The molecule has 0 amide bonds. The molecule has 0 bridgehead atoms. The Morgan fingerprint density at radius 3 is 2.55 bits per heavy atom. The summed E-state index contributed by atoms with van der Waals surface area (Å²) in [5.74, 6) is 0.880. The zero-order valence-corrected chi connectivity index (χ0v) is 17.9. The highest BCUT2D eigenvalue weighted by molar-refractivity contribution is 6.62. The Labute approximate surface area is 172 Å².